The lowest BCUT2D eigenvalue weighted by molar-refractivity contribution is 0.416. The van der Waals surface area contributed by atoms with Crippen molar-refractivity contribution in [1.29, 1.82) is 0 Å². The van der Waals surface area contributed by atoms with Gasteiger partial charge in [-0.1, -0.05) is 0 Å². The molecule has 1 rings (SSSR count). The van der Waals surface area contributed by atoms with Gasteiger partial charge in [0.1, 0.15) is 15.6 Å². The Labute approximate surface area is 94.0 Å². The van der Waals surface area contributed by atoms with E-state index in [1.165, 1.54) is 17.6 Å². The van der Waals surface area contributed by atoms with Gasteiger partial charge in [0, 0.05) is 22.6 Å². The first-order chi connectivity index (χ1) is 6.92. The molecular formula is C9H15NO3S2. The Morgan fingerprint density at radius 3 is 2.73 bits per heavy atom. The fourth-order valence-electron chi connectivity index (χ4n) is 1.12. The van der Waals surface area contributed by atoms with E-state index in [4.69, 9.17) is 10.5 Å². The molecule has 1 aromatic rings. The third-order valence-electron chi connectivity index (χ3n) is 2.00. The van der Waals surface area contributed by atoms with Crippen molar-refractivity contribution in [2.24, 2.45) is 5.73 Å². The molecule has 4 nitrogen and oxygen atoms in total. The van der Waals surface area contributed by atoms with Gasteiger partial charge < -0.3 is 10.5 Å². The van der Waals surface area contributed by atoms with Gasteiger partial charge in [0.05, 0.1) is 12.9 Å². The average molecular weight is 249 g/mol. The molecule has 15 heavy (non-hydrogen) atoms. The molecule has 0 radical (unpaired) electrons. The van der Waals surface area contributed by atoms with Crippen LogP contribution in [0.25, 0.3) is 0 Å². The number of hydrogen-bond donors (Lipinski definition) is 1. The zero-order chi connectivity index (χ0) is 11.5. The third kappa shape index (κ3) is 4.19. The van der Waals surface area contributed by atoms with E-state index in [9.17, 15) is 8.42 Å². The highest BCUT2D eigenvalue weighted by Crippen LogP contribution is 2.27. The van der Waals surface area contributed by atoms with Gasteiger partial charge >= 0.3 is 0 Å². The van der Waals surface area contributed by atoms with Gasteiger partial charge in [-0.25, -0.2) is 8.42 Å². The highest BCUT2D eigenvalue weighted by molar-refractivity contribution is 7.90. The number of thiophene rings is 1. The zero-order valence-corrected chi connectivity index (χ0v) is 10.4. The van der Waals surface area contributed by atoms with Gasteiger partial charge in [-0.05, 0) is 12.5 Å². The van der Waals surface area contributed by atoms with Gasteiger partial charge in [0.2, 0.25) is 0 Å². The molecule has 0 bridgehead atoms. The summed E-state index contributed by atoms with van der Waals surface area (Å²) >= 11 is 1.49. The highest BCUT2D eigenvalue weighted by atomic mass is 32.2. The Kier molecular flexibility index (Phi) is 4.12. The van der Waals surface area contributed by atoms with E-state index in [1.807, 2.05) is 11.4 Å². The summed E-state index contributed by atoms with van der Waals surface area (Å²) in [5.74, 6) is 0.888. The van der Waals surface area contributed by atoms with Crippen LogP contribution in [0.4, 0.5) is 0 Å². The van der Waals surface area contributed by atoms with Crippen molar-refractivity contribution in [3.63, 3.8) is 0 Å². The Morgan fingerprint density at radius 2 is 2.27 bits per heavy atom. The SMILES string of the molecule is COc1csc(C(N)CCS(C)(=O)=O)c1. The fourth-order valence-corrected chi connectivity index (χ4v) is 2.69. The van der Waals surface area contributed by atoms with E-state index < -0.39 is 9.84 Å². The summed E-state index contributed by atoms with van der Waals surface area (Å²) in [6.07, 6.45) is 1.66. The Morgan fingerprint density at radius 1 is 1.60 bits per heavy atom. The van der Waals surface area contributed by atoms with Crippen LogP contribution in [0.2, 0.25) is 0 Å². The first kappa shape index (κ1) is 12.5. The van der Waals surface area contributed by atoms with Gasteiger partial charge in [-0.3, -0.25) is 0 Å². The molecule has 1 heterocycles. The van der Waals surface area contributed by atoms with Crippen LogP contribution < -0.4 is 10.5 Å². The minimum absolute atomic E-state index is 0.119. The lowest BCUT2D eigenvalue weighted by Gasteiger charge is -2.07. The van der Waals surface area contributed by atoms with Crippen LogP contribution in [0.1, 0.15) is 17.3 Å². The second kappa shape index (κ2) is 4.96. The quantitative estimate of drug-likeness (QED) is 0.851. The Bertz CT molecular complexity index is 411. The summed E-state index contributed by atoms with van der Waals surface area (Å²) in [6, 6.07) is 1.62. The molecule has 0 aliphatic rings. The van der Waals surface area contributed by atoms with Gasteiger partial charge in [0.15, 0.2) is 0 Å². The van der Waals surface area contributed by atoms with Crippen LogP contribution in [0, 0.1) is 0 Å². The molecule has 0 saturated carbocycles. The summed E-state index contributed by atoms with van der Waals surface area (Å²) in [6.45, 7) is 0. The average Bonchev–Trinajstić information content (AvgIpc) is 2.61. The molecule has 6 heteroatoms. The lowest BCUT2D eigenvalue weighted by Crippen LogP contribution is -2.14. The molecule has 0 saturated heterocycles. The van der Waals surface area contributed by atoms with Crippen LogP contribution in [0.15, 0.2) is 11.4 Å². The lowest BCUT2D eigenvalue weighted by atomic mass is 10.2. The van der Waals surface area contributed by atoms with E-state index in [2.05, 4.69) is 0 Å². The van der Waals surface area contributed by atoms with Gasteiger partial charge in [0.25, 0.3) is 0 Å². The summed E-state index contributed by atoms with van der Waals surface area (Å²) in [5.41, 5.74) is 5.86. The maximum Gasteiger partial charge on any atom is 0.147 e. The molecule has 0 amide bonds. The highest BCUT2D eigenvalue weighted by Gasteiger charge is 2.12. The van der Waals surface area contributed by atoms with Crippen molar-refractivity contribution in [2.45, 2.75) is 12.5 Å². The number of rotatable bonds is 5. The second-order valence-electron chi connectivity index (χ2n) is 3.41. The molecule has 1 aromatic heterocycles. The standard InChI is InChI=1S/C9H15NO3S2/c1-13-7-5-9(14-6-7)8(10)3-4-15(2,11)12/h5-6,8H,3-4,10H2,1-2H3. The van der Waals surface area contributed by atoms with Crippen molar-refractivity contribution in [3.8, 4) is 5.75 Å². The molecule has 0 aromatic carbocycles. The van der Waals surface area contributed by atoms with E-state index in [0.29, 0.717) is 6.42 Å². The molecule has 0 aliphatic carbocycles. The van der Waals surface area contributed by atoms with Gasteiger partial charge in [-0.2, -0.15) is 0 Å². The van der Waals surface area contributed by atoms with Crippen LogP contribution in [0.3, 0.4) is 0 Å². The van der Waals surface area contributed by atoms with Crippen LogP contribution in [0.5, 0.6) is 5.75 Å². The molecular weight excluding hydrogens is 234 g/mol. The topological polar surface area (TPSA) is 69.4 Å². The first-order valence-electron chi connectivity index (χ1n) is 4.48. The maximum atomic E-state index is 11.0. The molecule has 0 fully saturated rings. The molecule has 0 spiro atoms. The van der Waals surface area contributed by atoms with Crippen molar-refractivity contribution >= 4 is 21.2 Å². The molecule has 2 N–H and O–H groups in total. The smallest absolute Gasteiger partial charge is 0.147 e. The van der Waals surface area contributed by atoms with Crippen molar-refractivity contribution < 1.29 is 13.2 Å². The van der Waals surface area contributed by atoms with Crippen molar-refractivity contribution in [3.05, 3.63) is 16.3 Å². The fraction of sp³-hybridized carbons (Fsp3) is 0.556. The zero-order valence-electron chi connectivity index (χ0n) is 8.76. The van der Waals surface area contributed by atoms with Crippen LogP contribution >= 0.6 is 11.3 Å². The summed E-state index contributed by atoms with van der Waals surface area (Å²) in [4.78, 5) is 0.954. The second-order valence-corrected chi connectivity index (χ2v) is 6.62. The predicted molar refractivity (Wildman–Crippen MR) is 62.1 cm³/mol. The Hall–Kier alpha value is -0.590. The first-order valence-corrected chi connectivity index (χ1v) is 7.42. The monoisotopic (exact) mass is 249 g/mol. The normalized spacial score (nSPS) is 13.8. The molecule has 86 valence electrons. The van der Waals surface area contributed by atoms with E-state index in [-0.39, 0.29) is 11.8 Å². The number of ether oxygens (including phenoxy) is 1. The number of nitrogens with two attached hydrogens (primary N) is 1. The third-order valence-corrected chi connectivity index (χ3v) is 4.02. The van der Waals surface area contributed by atoms with E-state index in [1.54, 1.807) is 7.11 Å². The number of hydrogen-bond acceptors (Lipinski definition) is 5. The van der Waals surface area contributed by atoms with E-state index >= 15 is 0 Å². The molecule has 1 atom stereocenters. The summed E-state index contributed by atoms with van der Waals surface area (Å²) in [7, 11) is -1.34. The summed E-state index contributed by atoms with van der Waals surface area (Å²) in [5, 5.41) is 1.86. The van der Waals surface area contributed by atoms with Crippen LogP contribution in [-0.4, -0.2) is 27.5 Å². The minimum Gasteiger partial charge on any atom is -0.496 e. The predicted octanol–water partition coefficient (Wildman–Crippen LogP) is 1.19. The Balaban J connectivity index is 2.57. The van der Waals surface area contributed by atoms with Crippen LogP contribution in [-0.2, 0) is 9.84 Å². The van der Waals surface area contributed by atoms with Crippen molar-refractivity contribution in [2.75, 3.05) is 19.1 Å². The summed E-state index contributed by atoms with van der Waals surface area (Å²) < 4.78 is 26.9. The number of methoxy groups -OCH3 is 1. The van der Waals surface area contributed by atoms with E-state index in [0.717, 1.165) is 10.6 Å². The van der Waals surface area contributed by atoms with Crippen molar-refractivity contribution in [1.82, 2.24) is 0 Å². The minimum atomic E-state index is -2.93. The van der Waals surface area contributed by atoms with Gasteiger partial charge in [-0.15, -0.1) is 11.3 Å². The largest absolute Gasteiger partial charge is 0.496 e. The number of sulfone groups is 1. The maximum absolute atomic E-state index is 11.0. The molecule has 0 aliphatic heterocycles. The molecule has 1 unspecified atom stereocenters.